The Hall–Kier alpha value is -2.41. The first-order valence-electron chi connectivity index (χ1n) is 6.83. The molecule has 0 amide bonds. The van der Waals surface area contributed by atoms with Crippen LogP contribution in [0.1, 0.15) is 20.7 Å². The van der Waals surface area contributed by atoms with E-state index in [2.05, 4.69) is 15.9 Å². The van der Waals surface area contributed by atoms with Crippen molar-refractivity contribution in [2.45, 2.75) is 0 Å². The molecule has 126 valence electrons. The molecule has 5 nitrogen and oxygen atoms in total. The molecular formula is C17H14BrFO5. The highest BCUT2D eigenvalue weighted by molar-refractivity contribution is 9.10. The minimum Gasteiger partial charge on any atom is -0.495 e. The Morgan fingerprint density at radius 1 is 1.04 bits per heavy atom. The summed E-state index contributed by atoms with van der Waals surface area (Å²) in [6, 6.07) is 8.09. The van der Waals surface area contributed by atoms with Gasteiger partial charge in [-0.15, -0.1) is 0 Å². The zero-order valence-corrected chi connectivity index (χ0v) is 14.6. The number of carbonyl (C=O) groups is 2. The van der Waals surface area contributed by atoms with E-state index in [1.54, 1.807) is 0 Å². The Balaban J connectivity index is 2.11. The first-order chi connectivity index (χ1) is 11.5. The van der Waals surface area contributed by atoms with Crippen molar-refractivity contribution in [1.82, 2.24) is 0 Å². The molecule has 2 rings (SSSR count). The van der Waals surface area contributed by atoms with E-state index < -0.39 is 24.2 Å². The Kier molecular flexibility index (Phi) is 5.92. The van der Waals surface area contributed by atoms with Crippen molar-refractivity contribution < 1.29 is 28.2 Å². The van der Waals surface area contributed by atoms with E-state index in [0.717, 1.165) is 6.07 Å². The number of ketones is 1. The van der Waals surface area contributed by atoms with Gasteiger partial charge in [0.25, 0.3) is 0 Å². The molecule has 0 aromatic heterocycles. The SMILES string of the molecule is COc1cc(C(=O)OCC(=O)c2cccc(F)c2)cc(OC)c1Br. The highest BCUT2D eigenvalue weighted by atomic mass is 79.9. The van der Waals surface area contributed by atoms with Gasteiger partial charge in [-0.1, -0.05) is 12.1 Å². The zero-order valence-electron chi connectivity index (χ0n) is 13.0. The fourth-order valence-corrected chi connectivity index (χ4v) is 2.50. The molecule has 0 aliphatic heterocycles. The molecule has 0 heterocycles. The molecule has 2 aromatic rings. The van der Waals surface area contributed by atoms with Crippen LogP contribution < -0.4 is 9.47 Å². The van der Waals surface area contributed by atoms with Crippen LogP contribution in [0.5, 0.6) is 11.5 Å². The van der Waals surface area contributed by atoms with E-state index >= 15 is 0 Å². The predicted octanol–water partition coefficient (Wildman–Crippen LogP) is 3.65. The van der Waals surface area contributed by atoms with Crippen molar-refractivity contribution in [2.24, 2.45) is 0 Å². The molecule has 0 aliphatic carbocycles. The number of hydrogen-bond acceptors (Lipinski definition) is 5. The number of methoxy groups -OCH3 is 2. The minimum absolute atomic E-state index is 0.133. The van der Waals surface area contributed by atoms with Crippen molar-refractivity contribution in [3.63, 3.8) is 0 Å². The average molecular weight is 397 g/mol. The van der Waals surface area contributed by atoms with E-state index in [1.165, 1.54) is 44.6 Å². The number of carbonyl (C=O) groups excluding carboxylic acids is 2. The second-order valence-electron chi connectivity index (χ2n) is 4.70. The Morgan fingerprint density at radius 3 is 2.21 bits per heavy atom. The molecule has 0 saturated carbocycles. The first-order valence-corrected chi connectivity index (χ1v) is 7.63. The van der Waals surface area contributed by atoms with E-state index in [-0.39, 0.29) is 11.1 Å². The maximum Gasteiger partial charge on any atom is 0.338 e. The zero-order chi connectivity index (χ0) is 17.7. The van der Waals surface area contributed by atoms with Crippen LogP contribution in [0, 0.1) is 5.82 Å². The number of hydrogen-bond donors (Lipinski definition) is 0. The maximum atomic E-state index is 13.1. The number of benzene rings is 2. The monoisotopic (exact) mass is 396 g/mol. The molecule has 0 spiro atoms. The van der Waals surface area contributed by atoms with E-state index in [0.29, 0.717) is 16.0 Å². The van der Waals surface area contributed by atoms with Gasteiger partial charge >= 0.3 is 5.97 Å². The molecule has 0 unspecified atom stereocenters. The van der Waals surface area contributed by atoms with Crippen molar-refractivity contribution in [1.29, 1.82) is 0 Å². The lowest BCUT2D eigenvalue weighted by Gasteiger charge is -2.11. The molecule has 0 N–H and O–H groups in total. The summed E-state index contributed by atoms with van der Waals surface area (Å²) in [5, 5.41) is 0. The van der Waals surface area contributed by atoms with E-state index in [9.17, 15) is 14.0 Å². The summed E-state index contributed by atoms with van der Waals surface area (Å²) >= 11 is 3.29. The van der Waals surface area contributed by atoms with Crippen molar-refractivity contribution in [2.75, 3.05) is 20.8 Å². The molecule has 0 atom stereocenters. The molecule has 24 heavy (non-hydrogen) atoms. The summed E-state index contributed by atoms with van der Waals surface area (Å²) in [6.07, 6.45) is 0. The van der Waals surface area contributed by atoms with Crippen LogP contribution in [0.15, 0.2) is 40.9 Å². The van der Waals surface area contributed by atoms with Gasteiger partial charge in [0, 0.05) is 5.56 Å². The molecule has 0 aliphatic rings. The summed E-state index contributed by atoms with van der Waals surface area (Å²) in [7, 11) is 2.89. The summed E-state index contributed by atoms with van der Waals surface area (Å²) in [5.41, 5.74) is 0.299. The molecule has 2 aromatic carbocycles. The highest BCUT2D eigenvalue weighted by Crippen LogP contribution is 2.35. The van der Waals surface area contributed by atoms with Crippen LogP contribution in [0.2, 0.25) is 0 Å². The van der Waals surface area contributed by atoms with Gasteiger partial charge < -0.3 is 14.2 Å². The smallest absolute Gasteiger partial charge is 0.338 e. The lowest BCUT2D eigenvalue weighted by Crippen LogP contribution is -2.14. The molecule has 0 fully saturated rings. The second-order valence-corrected chi connectivity index (χ2v) is 5.50. The summed E-state index contributed by atoms with van der Waals surface area (Å²) in [6.45, 7) is -0.497. The van der Waals surface area contributed by atoms with Crippen LogP contribution in [0.3, 0.4) is 0 Å². The topological polar surface area (TPSA) is 61.8 Å². The number of esters is 1. The van der Waals surface area contributed by atoms with E-state index in [4.69, 9.17) is 14.2 Å². The molecular weight excluding hydrogens is 383 g/mol. The summed E-state index contributed by atoms with van der Waals surface area (Å²) in [4.78, 5) is 24.1. The van der Waals surface area contributed by atoms with Crippen molar-refractivity contribution >= 4 is 27.7 Å². The Morgan fingerprint density at radius 2 is 1.67 bits per heavy atom. The van der Waals surface area contributed by atoms with Gasteiger partial charge in [-0.05, 0) is 40.2 Å². The molecule has 0 saturated heterocycles. The third-order valence-electron chi connectivity index (χ3n) is 3.16. The maximum absolute atomic E-state index is 13.1. The third kappa shape index (κ3) is 4.11. The van der Waals surface area contributed by atoms with Crippen LogP contribution in [0.25, 0.3) is 0 Å². The lowest BCUT2D eigenvalue weighted by molar-refractivity contribution is 0.0474. The van der Waals surface area contributed by atoms with Gasteiger partial charge in [-0.2, -0.15) is 0 Å². The van der Waals surface area contributed by atoms with Gasteiger partial charge in [0.15, 0.2) is 12.4 Å². The Bertz CT molecular complexity index is 750. The van der Waals surface area contributed by atoms with E-state index in [1.807, 2.05) is 0 Å². The molecule has 7 heteroatoms. The number of rotatable bonds is 6. The number of Topliss-reactive ketones (excluding diaryl/α,β-unsaturated/α-hetero) is 1. The van der Waals surface area contributed by atoms with Gasteiger partial charge in [0.2, 0.25) is 0 Å². The largest absolute Gasteiger partial charge is 0.495 e. The van der Waals surface area contributed by atoms with Gasteiger partial charge in [0.1, 0.15) is 21.8 Å². The lowest BCUT2D eigenvalue weighted by atomic mass is 10.1. The van der Waals surface area contributed by atoms with Crippen molar-refractivity contribution in [3.05, 3.63) is 57.8 Å². The third-order valence-corrected chi connectivity index (χ3v) is 3.94. The van der Waals surface area contributed by atoms with Crippen LogP contribution in [0.4, 0.5) is 4.39 Å². The number of ether oxygens (including phenoxy) is 3. The fraction of sp³-hybridized carbons (Fsp3) is 0.176. The standard InChI is InChI=1S/C17H14BrFO5/c1-22-14-7-11(8-15(23-2)16(14)18)17(21)24-9-13(20)10-4-3-5-12(19)6-10/h3-8H,9H2,1-2H3. The normalized spacial score (nSPS) is 10.2. The molecule has 0 bridgehead atoms. The fourth-order valence-electron chi connectivity index (χ4n) is 1.95. The van der Waals surface area contributed by atoms with Gasteiger partial charge in [-0.25, -0.2) is 9.18 Å². The molecule has 0 radical (unpaired) electrons. The number of halogens is 2. The first kappa shape index (κ1) is 17.9. The highest BCUT2D eigenvalue weighted by Gasteiger charge is 2.17. The van der Waals surface area contributed by atoms with Crippen LogP contribution in [-0.4, -0.2) is 32.6 Å². The summed E-state index contributed by atoms with van der Waals surface area (Å²) in [5.74, 6) is -0.979. The van der Waals surface area contributed by atoms with Gasteiger partial charge in [0.05, 0.1) is 19.8 Å². The quantitative estimate of drug-likeness (QED) is 0.550. The van der Waals surface area contributed by atoms with Gasteiger partial charge in [-0.3, -0.25) is 4.79 Å². The minimum atomic E-state index is -0.719. The van der Waals surface area contributed by atoms with Crippen LogP contribution in [-0.2, 0) is 4.74 Å². The Labute approximate surface area is 146 Å². The van der Waals surface area contributed by atoms with Crippen LogP contribution >= 0.6 is 15.9 Å². The van der Waals surface area contributed by atoms with Crippen molar-refractivity contribution in [3.8, 4) is 11.5 Å². The predicted molar refractivity (Wildman–Crippen MR) is 88.3 cm³/mol. The second kappa shape index (κ2) is 7.92. The average Bonchev–Trinajstić information content (AvgIpc) is 2.59. The summed E-state index contributed by atoms with van der Waals surface area (Å²) < 4.78 is 28.9.